The van der Waals surface area contributed by atoms with Gasteiger partial charge >= 0.3 is 0 Å². The van der Waals surface area contributed by atoms with Gasteiger partial charge < -0.3 is 20.7 Å². The normalized spacial score (nSPS) is 27.1. The van der Waals surface area contributed by atoms with E-state index in [1.165, 1.54) is 35.8 Å². The second-order valence-electron chi connectivity index (χ2n) is 5.24. The number of aromatic nitrogens is 5. The Morgan fingerprint density at radius 3 is 2.92 bits per heavy atom. The molecule has 0 unspecified atom stereocenters. The monoisotopic (exact) mass is 366 g/mol. The third-order valence-corrected chi connectivity index (χ3v) is 5.83. The van der Waals surface area contributed by atoms with Crippen molar-refractivity contribution in [2.75, 3.05) is 11.5 Å². The average Bonchev–Trinajstić information content (AvgIpc) is 3.28. The van der Waals surface area contributed by atoms with E-state index in [9.17, 15) is 10.2 Å². The lowest BCUT2D eigenvalue weighted by atomic mass is 10.1. The first kappa shape index (κ1) is 15.7. The fraction of sp³-hybridized carbons (Fsp3) is 0.385. The molecule has 11 heteroatoms. The van der Waals surface area contributed by atoms with Crippen LogP contribution in [-0.2, 0) is 4.74 Å². The topological polar surface area (TPSA) is 132 Å². The summed E-state index contributed by atoms with van der Waals surface area (Å²) in [6, 6.07) is 0. The Morgan fingerprint density at radius 2 is 2.12 bits per heavy atom. The van der Waals surface area contributed by atoms with Crippen molar-refractivity contribution < 1.29 is 14.9 Å². The van der Waals surface area contributed by atoms with Crippen molar-refractivity contribution in [3.8, 4) is 0 Å². The van der Waals surface area contributed by atoms with E-state index in [0.29, 0.717) is 16.9 Å². The third kappa shape index (κ3) is 2.63. The molecule has 4 N–H and O–H groups in total. The van der Waals surface area contributed by atoms with Crippen molar-refractivity contribution in [1.82, 2.24) is 24.5 Å². The minimum Gasteiger partial charge on any atom is -0.387 e. The number of anilines is 1. The number of imidazole rings is 1. The summed E-state index contributed by atoms with van der Waals surface area (Å²) in [7, 11) is 0. The molecular formula is C13H14N6O3S2. The molecule has 0 radical (unpaired) electrons. The van der Waals surface area contributed by atoms with E-state index < -0.39 is 24.5 Å². The summed E-state index contributed by atoms with van der Waals surface area (Å²) in [5, 5.41) is 22.5. The van der Waals surface area contributed by atoms with Crippen molar-refractivity contribution >= 4 is 40.1 Å². The van der Waals surface area contributed by atoms with Gasteiger partial charge in [0.15, 0.2) is 17.7 Å². The SMILES string of the molecule is Nc1ncnc2c1ncn2[C@H]1O[C@@H](CSc2nccs2)[C@H](O)[C@H]1O. The fourth-order valence-corrected chi connectivity index (χ4v) is 4.31. The molecular weight excluding hydrogens is 352 g/mol. The minimum atomic E-state index is -1.10. The second kappa shape index (κ2) is 6.26. The number of rotatable bonds is 4. The number of aliphatic hydroxyl groups excluding tert-OH is 2. The van der Waals surface area contributed by atoms with E-state index in [4.69, 9.17) is 10.5 Å². The van der Waals surface area contributed by atoms with Gasteiger partial charge in [0.2, 0.25) is 0 Å². The lowest BCUT2D eigenvalue weighted by molar-refractivity contribution is -0.0289. The zero-order valence-corrected chi connectivity index (χ0v) is 13.9. The minimum absolute atomic E-state index is 0.252. The van der Waals surface area contributed by atoms with Gasteiger partial charge in [-0.15, -0.1) is 11.3 Å². The summed E-state index contributed by atoms with van der Waals surface area (Å²) in [6.45, 7) is 0. The van der Waals surface area contributed by atoms with Gasteiger partial charge in [-0.1, -0.05) is 11.8 Å². The van der Waals surface area contributed by atoms with Gasteiger partial charge in [0, 0.05) is 17.3 Å². The molecule has 0 aromatic carbocycles. The van der Waals surface area contributed by atoms with Crippen molar-refractivity contribution in [1.29, 1.82) is 0 Å². The number of hydrogen-bond donors (Lipinski definition) is 3. The van der Waals surface area contributed by atoms with E-state index in [1.54, 1.807) is 10.8 Å². The Morgan fingerprint density at radius 1 is 1.25 bits per heavy atom. The fourth-order valence-electron chi connectivity index (χ4n) is 2.59. The highest BCUT2D eigenvalue weighted by molar-refractivity contribution is 8.01. The zero-order valence-electron chi connectivity index (χ0n) is 12.3. The molecule has 1 fully saturated rings. The number of hydrogen-bond acceptors (Lipinski definition) is 10. The van der Waals surface area contributed by atoms with Crippen LogP contribution in [-0.4, -0.2) is 58.8 Å². The number of thiazole rings is 1. The van der Waals surface area contributed by atoms with Crippen LogP contribution in [0.25, 0.3) is 11.2 Å². The number of ether oxygens (including phenoxy) is 1. The molecule has 126 valence electrons. The Labute approximate surface area is 144 Å². The predicted molar refractivity (Wildman–Crippen MR) is 88.5 cm³/mol. The van der Waals surface area contributed by atoms with Crippen LogP contribution in [0.4, 0.5) is 5.82 Å². The highest BCUT2D eigenvalue weighted by Gasteiger charge is 2.44. The summed E-state index contributed by atoms with van der Waals surface area (Å²) in [5.74, 6) is 0.731. The standard InChI is InChI=1S/C13H14N6O3S2/c14-10-7-11(17-4-16-10)19(5-18-7)12-9(21)8(20)6(22-12)3-24-13-15-1-2-23-13/h1-2,4-6,8-9,12,20-21H,3H2,(H2,14,16,17)/t6-,8-,9+,12-/m0/s1. The van der Waals surface area contributed by atoms with Gasteiger partial charge in [-0.3, -0.25) is 4.57 Å². The molecule has 3 aromatic rings. The largest absolute Gasteiger partial charge is 0.387 e. The van der Waals surface area contributed by atoms with Gasteiger partial charge in [0.05, 0.1) is 12.4 Å². The maximum atomic E-state index is 10.4. The maximum Gasteiger partial charge on any atom is 0.167 e. The van der Waals surface area contributed by atoms with Crippen LogP contribution >= 0.6 is 23.1 Å². The van der Waals surface area contributed by atoms with Crippen molar-refractivity contribution in [3.05, 3.63) is 24.2 Å². The molecule has 1 aliphatic heterocycles. The first-order chi connectivity index (χ1) is 11.6. The first-order valence-corrected chi connectivity index (χ1v) is 8.98. The van der Waals surface area contributed by atoms with E-state index in [0.717, 1.165) is 4.34 Å². The van der Waals surface area contributed by atoms with Crippen molar-refractivity contribution in [2.24, 2.45) is 0 Å². The third-order valence-electron chi connectivity index (χ3n) is 3.78. The van der Waals surface area contributed by atoms with E-state index in [1.807, 2.05) is 5.38 Å². The van der Waals surface area contributed by atoms with Crippen LogP contribution in [0.3, 0.4) is 0 Å². The Hall–Kier alpha value is -1.79. The van der Waals surface area contributed by atoms with Crippen LogP contribution < -0.4 is 5.73 Å². The Bertz CT molecular complexity index is 841. The van der Waals surface area contributed by atoms with Crippen LogP contribution in [0.1, 0.15) is 6.23 Å². The highest BCUT2D eigenvalue weighted by atomic mass is 32.2. The van der Waals surface area contributed by atoms with Gasteiger partial charge in [-0.2, -0.15) is 0 Å². The molecule has 3 aromatic heterocycles. The predicted octanol–water partition coefficient (Wildman–Crippen LogP) is 0.276. The molecule has 0 saturated carbocycles. The molecule has 0 spiro atoms. The maximum absolute atomic E-state index is 10.4. The molecule has 0 amide bonds. The van der Waals surface area contributed by atoms with E-state index in [-0.39, 0.29) is 5.82 Å². The smallest absolute Gasteiger partial charge is 0.167 e. The quantitative estimate of drug-likeness (QED) is 0.557. The summed E-state index contributed by atoms with van der Waals surface area (Å²) in [6.07, 6.45) is 1.09. The lowest BCUT2D eigenvalue weighted by Gasteiger charge is -2.16. The number of thioether (sulfide) groups is 1. The molecule has 4 heterocycles. The average molecular weight is 366 g/mol. The summed E-state index contributed by atoms with van der Waals surface area (Å²) in [4.78, 5) is 16.4. The molecule has 0 aliphatic carbocycles. The number of aliphatic hydroxyl groups is 2. The van der Waals surface area contributed by atoms with Crippen molar-refractivity contribution in [2.45, 2.75) is 28.9 Å². The lowest BCUT2D eigenvalue weighted by Crippen LogP contribution is -2.32. The van der Waals surface area contributed by atoms with Gasteiger partial charge in [0.1, 0.15) is 28.4 Å². The van der Waals surface area contributed by atoms with Crippen molar-refractivity contribution in [3.63, 3.8) is 0 Å². The molecule has 1 saturated heterocycles. The van der Waals surface area contributed by atoms with Crippen LogP contribution in [0.5, 0.6) is 0 Å². The molecule has 4 atom stereocenters. The van der Waals surface area contributed by atoms with Crippen LogP contribution in [0, 0.1) is 0 Å². The summed E-state index contributed by atoms with van der Waals surface area (Å²) in [5.41, 5.74) is 6.66. The number of nitrogens with zero attached hydrogens (tertiary/aromatic N) is 5. The van der Waals surface area contributed by atoms with E-state index >= 15 is 0 Å². The Kier molecular flexibility index (Phi) is 4.10. The van der Waals surface area contributed by atoms with Crippen LogP contribution in [0.15, 0.2) is 28.6 Å². The number of nitrogens with two attached hydrogens (primary N) is 1. The summed E-state index contributed by atoms with van der Waals surface area (Å²) < 4.78 is 8.31. The van der Waals surface area contributed by atoms with E-state index in [2.05, 4.69) is 19.9 Å². The molecule has 24 heavy (non-hydrogen) atoms. The second-order valence-corrected chi connectivity index (χ2v) is 7.40. The first-order valence-electron chi connectivity index (χ1n) is 7.12. The molecule has 4 rings (SSSR count). The number of fused-ring (bicyclic) bond motifs is 1. The summed E-state index contributed by atoms with van der Waals surface area (Å²) >= 11 is 2.99. The molecule has 0 bridgehead atoms. The van der Waals surface area contributed by atoms with Crippen LogP contribution in [0.2, 0.25) is 0 Å². The highest BCUT2D eigenvalue weighted by Crippen LogP contribution is 2.34. The zero-order chi connectivity index (χ0) is 16.7. The Balaban J connectivity index is 1.56. The number of nitrogen functional groups attached to an aromatic ring is 1. The molecule has 1 aliphatic rings. The van der Waals surface area contributed by atoms with Gasteiger partial charge in [-0.25, -0.2) is 19.9 Å². The van der Waals surface area contributed by atoms with Gasteiger partial charge in [-0.05, 0) is 0 Å². The van der Waals surface area contributed by atoms with Gasteiger partial charge in [0.25, 0.3) is 0 Å². The molecule has 9 nitrogen and oxygen atoms in total.